The van der Waals surface area contributed by atoms with Crippen LogP contribution in [-0.2, 0) is 11.8 Å². The molecule has 0 spiro atoms. The van der Waals surface area contributed by atoms with E-state index in [4.69, 9.17) is 5.10 Å². The number of hydrogen-bond acceptors (Lipinski definition) is 6. The van der Waals surface area contributed by atoms with E-state index >= 15 is 0 Å². The molecule has 3 atom stereocenters. The van der Waals surface area contributed by atoms with E-state index in [9.17, 15) is 10.4 Å². The lowest BCUT2D eigenvalue weighted by Gasteiger charge is -2.47. The van der Waals surface area contributed by atoms with E-state index in [1.165, 1.54) is 6.33 Å². The van der Waals surface area contributed by atoms with Crippen molar-refractivity contribution in [2.24, 2.45) is 11.8 Å². The average molecular weight is 412 g/mol. The Labute approximate surface area is 181 Å². The minimum absolute atomic E-state index is 0.0848. The Morgan fingerprint density at radius 3 is 2.77 bits per heavy atom. The normalized spacial score (nSPS) is 25.0. The first-order valence-electron chi connectivity index (χ1n) is 10.6. The van der Waals surface area contributed by atoms with Crippen molar-refractivity contribution in [1.82, 2.24) is 24.7 Å². The van der Waals surface area contributed by atoms with Gasteiger partial charge in [0, 0.05) is 29.3 Å². The van der Waals surface area contributed by atoms with Crippen LogP contribution in [0.25, 0.3) is 17.2 Å². The summed E-state index contributed by atoms with van der Waals surface area (Å²) in [7, 11) is 0. The van der Waals surface area contributed by atoms with Gasteiger partial charge in [-0.2, -0.15) is 10.4 Å². The third kappa shape index (κ3) is 2.86. The zero-order chi connectivity index (χ0) is 21.8. The Morgan fingerprint density at radius 2 is 2.10 bits per heavy atom. The molecule has 3 heterocycles. The monoisotopic (exact) mass is 412 g/mol. The van der Waals surface area contributed by atoms with Gasteiger partial charge in [0.2, 0.25) is 0 Å². The summed E-state index contributed by atoms with van der Waals surface area (Å²) >= 11 is 0. The van der Waals surface area contributed by atoms with E-state index in [1.807, 2.05) is 42.9 Å². The van der Waals surface area contributed by atoms with Gasteiger partial charge in [0.05, 0.1) is 23.0 Å². The molecule has 1 N–H and O–H groups in total. The third-order valence-corrected chi connectivity index (χ3v) is 7.01. The second-order valence-electron chi connectivity index (χ2n) is 8.88. The number of aromatic nitrogens is 5. The number of nitriles is 1. The van der Waals surface area contributed by atoms with Gasteiger partial charge in [-0.15, -0.1) is 0 Å². The number of aliphatic hydroxyl groups excluding tert-OH is 1. The Balaban J connectivity index is 1.78. The summed E-state index contributed by atoms with van der Waals surface area (Å²) in [6, 6.07) is 8.12. The smallest absolute Gasteiger partial charge is 0.153 e. The quantitative estimate of drug-likeness (QED) is 0.676. The van der Waals surface area contributed by atoms with Gasteiger partial charge < -0.3 is 5.11 Å². The fourth-order valence-corrected chi connectivity index (χ4v) is 5.49. The van der Waals surface area contributed by atoms with Crippen LogP contribution in [0.5, 0.6) is 0 Å². The second kappa shape index (κ2) is 7.02. The summed E-state index contributed by atoms with van der Waals surface area (Å²) in [6.07, 6.45) is 7.33. The summed E-state index contributed by atoms with van der Waals surface area (Å²) in [5, 5.41) is 25.4. The van der Waals surface area contributed by atoms with Gasteiger partial charge in [0.15, 0.2) is 5.82 Å². The van der Waals surface area contributed by atoms with E-state index in [-0.39, 0.29) is 23.0 Å². The van der Waals surface area contributed by atoms with Gasteiger partial charge in [-0.25, -0.2) is 19.6 Å². The van der Waals surface area contributed by atoms with Gasteiger partial charge in [-0.05, 0) is 49.8 Å². The van der Waals surface area contributed by atoms with E-state index in [0.717, 1.165) is 46.9 Å². The molecule has 0 bridgehead atoms. The van der Waals surface area contributed by atoms with Gasteiger partial charge in [0.25, 0.3) is 0 Å². The van der Waals surface area contributed by atoms with Crippen molar-refractivity contribution in [2.75, 3.05) is 0 Å². The summed E-state index contributed by atoms with van der Waals surface area (Å²) < 4.78 is 1.93. The van der Waals surface area contributed by atoms with Crippen LogP contribution < -0.4 is 0 Å². The lowest BCUT2D eigenvalue weighted by atomic mass is 9.56. The predicted octanol–water partition coefficient (Wildman–Crippen LogP) is 4.23. The lowest BCUT2D eigenvalue weighted by Crippen LogP contribution is -2.45. The maximum absolute atomic E-state index is 10.6. The molecule has 31 heavy (non-hydrogen) atoms. The third-order valence-electron chi connectivity index (χ3n) is 7.01. The summed E-state index contributed by atoms with van der Waals surface area (Å²) in [4.78, 5) is 13.1. The average Bonchev–Trinajstić information content (AvgIpc) is 3.18. The molecule has 156 valence electrons. The standard InChI is InChI=1S/C24H24N6O/c1-14-4-7-20(27-12-14)30-23-17(21(29-30)19-8-9-26-13-28-19)5-6-18-15(2)22(31)16(11-25)10-24(18,23)3/h4,7-9,12-13,15,18,31H,5-6,10H2,1-3H3/t15-,18-,24-/m1/s1. The number of aliphatic hydroxyl groups is 1. The van der Waals surface area contributed by atoms with Crippen LogP contribution >= 0.6 is 0 Å². The highest BCUT2D eigenvalue weighted by molar-refractivity contribution is 5.63. The van der Waals surface area contributed by atoms with Crippen LogP contribution in [-0.4, -0.2) is 29.8 Å². The summed E-state index contributed by atoms with van der Waals surface area (Å²) in [6.45, 7) is 6.23. The minimum Gasteiger partial charge on any atom is -0.511 e. The molecule has 7 nitrogen and oxygen atoms in total. The zero-order valence-electron chi connectivity index (χ0n) is 17.9. The van der Waals surface area contributed by atoms with Crippen LogP contribution in [0.4, 0.5) is 0 Å². The van der Waals surface area contributed by atoms with Crippen molar-refractivity contribution in [3.8, 4) is 23.3 Å². The first-order chi connectivity index (χ1) is 14.9. The Hall–Kier alpha value is -3.53. The fraction of sp³-hybridized carbons (Fsp3) is 0.375. The lowest BCUT2D eigenvalue weighted by molar-refractivity contribution is 0.134. The molecule has 0 aliphatic heterocycles. The Bertz CT molecular complexity index is 1220. The number of nitrogens with zero attached hydrogens (tertiary/aromatic N) is 6. The number of aryl methyl sites for hydroxylation is 1. The topological polar surface area (TPSA) is 101 Å². The Morgan fingerprint density at radius 1 is 1.26 bits per heavy atom. The van der Waals surface area contributed by atoms with Crippen LogP contribution in [0.15, 0.2) is 48.3 Å². The molecule has 0 radical (unpaired) electrons. The number of fused-ring (bicyclic) bond motifs is 3. The maximum atomic E-state index is 10.6. The molecule has 0 aromatic carbocycles. The second-order valence-corrected chi connectivity index (χ2v) is 8.88. The molecule has 0 fully saturated rings. The molecule has 2 aliphatic carbocycles. The van der Waals surface area contributed by atoms with Crippen molar-refractivity contribution in [3.05, 3.63) is 65.1 Å². The minimum atomic E-state index is -0.352. The highest BCUT2D eigenvalue weighted by atomic mass is 16.3. The molecule has 0 amide bonds. The molecule has 3 aromatic rings. The van der Waals surface area contributed by atoms with Crippen LogP contribution in [0.2, 0.25) is 0 Å². The molecule has 3 aromatic heterocycles. The van der Waals surface area contributed by atoms with Gasteiger partial charge >= 0.3 is 0 Å². The van der Waals surface area contributed by atoms with Crippen LogP contribution in [0.3, 0.4) is 0 Å². The SMILES string of the molecule is Cc1ccc(-n2nc(-c3ccncn3)c3c2[C@]2(C)CC(C#N)=C(O)[C@H](C)[C@H]2CC3)nc1. The van der Waals surface area contributed by atoms with Crippen molar-refractivity contribution in [1.29, 1.82) is 5.26 Å². The highest BCUT2D eigenvalue weighted by Crippen LogP contribution is 2.54. The molecule has 5 rings (SSSR count). The van der Waals surface area contributed by atoms with Crippen LogP contribution in [0, 0.1) is 30.1 Å². The van der Waals surface area contributed by atoms with E-state index < -0.39 is 0 Å². The summed E-state index contributed by atoms with van der Waals surface area (Å²) in [5.74, 6) is 1.10. The molecule has 0 saturated heterocycles. The molecule has 2 aliphatic rings. The Kier molecular flexibility index (Phi) is 4.40. The summed E-state index contributed by atoms with van der Waals surface area (Å²) in [5.41, 5.74) is 5.02. The highest BCUT2D eigenvalue weighted by Gasteiger charge is 2.51. The first-order valence-corrected chi connectivity index (χ1v) is 10.6. The van der Waals surface area contributed by atoms with Gasteiger partial charge in [0.1, 0.15) is 17.8 Å². The number of rotatable bonds is 2. The van der Waals surface area contributed by atoms with Crippen molar-refractivity contribution < 1.29 is 5.11 Å². The number of hydrogen-bond donors (Lipinski definition) is 1. The van der Waals surface area contributed by atoms with E-state index in [0.29, 0.717) is 12.0 Å². The fourth-order valence-electron chi connectivity index (χ4n) is 5.49. The largest absolute Gasteiger partial charge is 0.511 e. The van der Waals surface area contributed by atoms with Crippen LogP contribution in [0.1, 0.15) is 43.5 Å². The van der Waals surface area contributed by atoms with Crippen molar-refractivity contribution in [3.63, 3.8) is 0 Å². The van der Waals surface area contributed by atoms with E-state index in [1.54, 1.807) is 6.20 Å². The zero-order valence-corrected chi connectivity index (χ0v) is 17.9. The van der Waals surface area contributed by atoms with Crippen molar-refractivity contribution in [2.45, 2.75) is 45.4 Å². The molecular formula is C24H24N6O. The van der Waals surface area contributed by atoms with Gasteiger partial charge in [-0.3, -0.25) is 0 Å². The van der Waals surface area contributed by atoms with E-state index in [2.05, 4.69) is 27.9 Å². The maximum Gasteiger partial charge on any atom is 0.153 e. The molecule has 7 heteroatoms. The number of allylic oxidation sites excluding steroid dienone is 2. The number of pyridine rings is 1. The predicted molar refractivity (Wildman–Crippen MR) is 115 cm³/mol. The molecule has 0 unspecified atom stereocenters. The van der Waals surface area contributed by atoms with Crippen molar-refractivity contribution >= 4 is 0 Å². The van der Waals surface area contributed by atoms with Gasteiger partial charge in [-0.1, -0.05) is 19.9 Å². The molecular weight excluding hydrogens is 388 g/mol. The molecule has 0 saturated carbocycles. The first kappa shape index (κ1) is 19.4.